The summed E-state index contributed by atoms with van der Waals surface area (Å²) in [6.45, 7) is 3.21. The molecule has 5 nitrogen and oxygen atoms in total. The Bertz CT molecular complexity index is 400. The minimum absolute atomic E-state index is 0.0657. The van der Waals surface area contributed by atoms with Gasteiger partial charge in [-0.05, 0) is 68.1 Å². The van der Waals surface area contributed by atoms with Gasteiger partial charge in [-0.2, -0.15) is 0 Å². The minimum atomic E-state index is -0.116. The van der Waals surface area contributed by atoms with Crippen LogP contribution in [0.2, 0.25) is 0 Å². The van der Waals surface area contributed by atoms with Crippen molar-refractivity contribution < 1.29 is 9.59 Å². The second-order valence-corrected chi connectivity index (χ2v) is 7.83. The van der Waals surface area contributed by atoms with E-state index >= 15 is 0 Å². The number of nitrogens with one attached hydrogen (secondary N) is 3. The highest BCUT2D eigenvalue weighted by Gasteiger charge is 2.50. The summed E-state index contributed by atoms with van der Waals surface area (Å²) in [6.07, 6.45) is 9.72. The van der Waals surface area contributed by atoms with Crippen LogP contribution >= 0.6 is 0 Å². The molecule has 4 rings (SSSR count). The zero-order chi connectivity index (χ0) is 15.6. The highest BCUT2D eigenvalue weighted by Crippen LogP contribution is 2.61. The highest BCUT2D eigenvalue weighted by atomic mass is 16.2. The van der Waals surface area contributed by atoms with Crippen LogP contribution in [-0.4, -0.2) is 31.6 Å². The second kappa shape index (κ2) is 6.47. The standard InChI is InChI=1S/C17H29N3O2/c1-12(21)18-4-5-20-16(22)19-3-2-17-9-13-6-14(10-17)8-15(7-13)11-17/h13-15H,2-11H2,1H3,(H,18,21)(H2,19,20,22). The Morgan fingerprint density at radius 3 is 1.91 bits per heavy atom. The summed E-state index contributed by atoms with van der Waals surface area (Å²) in [4.78, 5) is 22.5. The lowest BCUT2D eigenvalue weighted by Crippen LogP contribution is -2.48. The molecule has 124 valence electrons. The first-order valence-corrected chi connectivity index (χ1v) is 8.81. The van der Waals surface area contributed by atoms with Crippen molar-refractivity contribution in [2.24, 2.45) is 23.2 Å². The Balaban J connectivity index is 1.35. The van der Waals surface area contributed by atoms with Crippen molar-refractivity contribution in [2.75, 3.05) is 19.6 Å². The Morgan fingerprint density at radius 2 is 1.36 bits per heavy atom. The van der Waals surface area contributed by atoms with E-state index in [4.69, 9.17) is 0 Å². The normalized spacial score (nSPS) is 35.2. The maximum Gasteiger partial charge on any atom is 0.314 e. The number of urea groups is 1. The van der Waals surface area contributed by atoms with Crippen molar-refractivity contribution in [1.29, 1.82) is 0 Å². The van der Waals surface area contributed by atoms with Crippen LogP contribution in [0, 0.1) is 23.2 Å². The van der Waals surface area contributed by atoms with Gasteiger partial charge in [-0.3, -0.25) is 4.79 Å². The molecule has 0 aromatic carbocycles. The third-order valence-electron chi connectivity index (χ3n) is 5.89. The number of amides is 3. The summed E-state index contributed by atoms with van der Waals surface area (Å²) in [6, 6.07) is -0.116. The van der Waals surface area contributed by atoms with Gasteiger partial charge >= 0.3 is 6.03 Å². The lowest BCUT2D eigenvalue weighted by atomic mass is 9.49. The van der Waals surface area contributed by atoms with Crippen molar-refractivity contribution in [2.45, 2.75) is 51.9 Å². The Morgan fingerprint density at radius 1 is 0.864 bits per heavy atom. The molecule has 3 amide bonds. The van der Waals surface area contributed by atoms with Crippen LogP contribution in [-0.2, 0) is 4.79 Å². The predicted octanol–water partition coefficient (Wildman–Crippen LogP) is 2.03. The molecule has 0 spiro atoms. The number of carbonyl (C=O) groups excluding carboxylic acids is 2. The molecule has 3 N–H and O–H groups in total. The van der Waals surface area contributed by atoms with E-state index in [0.717, 1.165) is 30.7 Å². The Kier molecular flexibility index (Phi) is 4.59. The van der Waals surface area contributed by atoms with E-state index in [0.29, 0.717) is 18.5 Å². The minimum Gasteiger partial charge on any atom is -0.355 e. The van der Waals surface area contributed by atoms with Gasteiger partial charge in [0.1, 0.15) is 0 Å². The number of hydrogen-bond acceptors (Lipinski definition) is 2. The van der Waals surface area contributed by atoms with E-state index in [1.165, 1.54) is 45.4 Å². The van der Waals surface area contributed by atoms with Crippen LogP contribution in [0.3, 0.4) is 0 Å². The third-order valence-corrected chi connectivity index (χ3v) is 5.89. The number of carbonyl (C=O) groups is 2. The fourth-order valence-electron chi connectivity index (χ4n) is 5.51. The van der Waals surface area contributed by atoms with E-state index in [9.17, 15) is 9.59 Å². The van der Waals surface area contributed by atoms with Crippen LogP contribution < -0.4 is 16.0 Å². The van der Waals surface area contributed by atoms with Crippen LogP contribution in [0.4, 0.5) is 4.79 Å². The summed E-state index contributed by atoms with van der Waals surface area (Å²) in [7, 11) is 0. The molecule has 0 heterocycles. The van der Waals surface area contributed by atoms with Crippen molar-refractivity contribution in [1.82, 2.24) is 16.0 Å². The Labute approximate surface area is 133 Å². The summed E-state index contributed by atoms with van der Waals surface area (Å²) in [5, 5.41) is 8.43. The van der Waals surface area contributed by atoms with Crippen molar-refractivity contribution in [3.8, 4) is 0 Å². The maximum absolute atomic E-state index is 11.7. The number of rotatable bonds is 6. The Hall–Kier alpha value is -1.26. The molecule has 5 heteroatoms. The molecule has 22 heavy (non-hydrogen) atoms. The maximum atomic E-state index is 11.7. The molecular weight excluding hydrogens is 278 g/mol. The first kappa shape index (κ1) is 15.6. The molecule has 0 atom stereocenters. The smallest absolute Gasteiger partial charge is 0.314 e. The van der Waals surface area contributed by atoms with Crippen molar-refractivity contribution >= 4 is 11.9 Å². The predicted molar refractivity (Wildman–Crippen MR) is 85.3 cm³/mol. The second-order valence-electron chi connectivity index (χ2n) is 7.83. The zero-order valence-corrected chi connectivity index (χ0v) is 13.6. The first-order valence-electron chi connectivity index (χ1n) is 8.81. The molecule has 4 bridgehead atoms. The fourth-order valence-corrected chi connectivity index (χ4v) is 5.51. The molecular formula is C17H29N3O2. The van der Waals surface area contributed by atoms with Gasteiger partial charge in [0.15, 0.2) is 0 Å². The topological polar surface area (TPSA) is 70.2 Å². The van der Waals surface area contributed by atoms with Crippen LogP contribution in [0.5, 0.6) is 0 Å². The average molecular weight is 307 g/mol. The van der Waals surface area contributed by atoms with Gasteiger partial charge in [-0.25, -0.2) is 4.79 Å². The van der Waals surface area contributed by atoms with Gasteiger partial charge in [0.25, 0.3) is 0 Å². The quantitative estimate of drug-likeness (QED) is 0.657. The monoisotopic (exact) mass is 307 g/mol. The molecule has 0 radical (unpaired) electrons. The van der Waals surface area contributed by atoms with E-state index in [-0.39, 0.29) is 11.9 Å². The third kappa shape index (κ3) is 3.73. The lowest BCUT2D eigenvalue weighted by Gasteiger charge is -2.57. The van der Waals surface area contributed by atoms with Gasteiger partial charge in [0.05, 0.1) is 0 Å². The molecule has 0 unspecified atom stereocenters. The summed E-state index contributed by atoms with van der Waals surface area (Å²) in [5.74, 6) is 2.84. The van der Waals surface area contributed by atoms with Crippen molar-refractivity contribution in [3.05, 3.63) is 0 Å². The van der Waals surface area contributed by atoms with Gasteiger partial charge in [-0.15, -0.1) is 0 Å². The van der Waals surface area contributed by atoms with Gasteiger partial charge in [0.2, 0.25) is 5.91 Å². The fraction of sp³-hybridized carbons (Fsp3) is 0.882. The SMILES string of the molecule is CC(=O)NCCNC(=O)NCCC12CC3CC(CC(C3)C1)C2. The summed E-state index contributed by atoms with van der Waals surface area (Å²) >= 11 is 0. The molecule has 0 saturated heterocycles. The largest absolute Gasteiger partial charge is 0.355 e. The average Bonchev–Trinajstić information content (AvgIpc) is 2.41. The molecule has 4 saturated carbocycles. The zero-order valence-electron chi connectivity index (χ0n) is 13.6. The molecule has 0 aliphatic heterocycles. The van der Waals surface area contributed by atoms with Crippen LogP contribution in [0.25, 0.3) is 0 Å². The van der Waals surface area contributed by atoms with Crippen molar-refractivity contribution in [3.63, 3.8) is 0 Å². The van der Waals surface area contributed by atoms with Gasteiger partial charge in [0, 0.05) is 26.6 Å². The van der Waals surface area contributed by atoms with E-state index in [1.807, 2.05) is 0 Å². The van der Waals surface area contributed by atoms with Gasteiger partial charge in [-0.1, -0.05) is 0 Å². The first-order chi connectivity index (χ1) is 10.5. The van der Waals surface area contributed by atoms with Gasteiger partial charge < -0.3 is 16.0 Å². The molecule has 0 aromatic rings. The number of hydrogen-bond donors (Lipinski definition) is 3. The van der Waals surface area contributed by atoms with E-state index in [1.54, 1.807) is 0 Å². The van der Waals surface area contributed by atoms with Crippen LogP contribution in [0.1, 0.15) is 51.9 Å². The molecule has 0 aromatic heterocycles. The molecule has 4 aliphatic carbocycles. The van der Waals surface area contributed by atoms with E-state index < -0.39 is 0 Å². The molecule has 4 fully saturated rings. The lowest BCUT2D eigenvalue weighted by molar-refractivity contribution is -0.118. The summed E-state index contributed by atoms with van der Waals surface area (Å²) < 4.78 is 0. The summed E-state index contributed by atoms with van der Waals surface area (Å²) in [5.41, 5.74) is 0.526. The van der Waals surface area contributed by atoms with Crippen LogP contribution in [0.15, 0.2) is 0 Å². The highest BCUT2D eigenvalue weighted by molar-refractivity contribution is 5.74. The molecule has 4 aliphatic rings. The van der Waals surface area contributed by atoms with E-state index in [2.05, 4.69) is 16.0 Å².